The minimum atomic E-state index is 0.288. The van der Waals surface area contributed by atoms with Gasteiger partial charge in [0.1, 0.15) is 11.6 Å². The molecular weight excluding hydrogens is 633 g/mol. The number of nitrogens with one attached hydrogen (secondary N) is 2. The monoisotopic (exact) mass is 684 g/mol. The van der Waals surface area contributed by atoms with Crippen molar-refractivity contribution in [2.24, 2.45) is 11.8 Å². The van der Waals surface area contributed by atoms with E-state index in [0.717, 1.165) is 24.5 Å². The van der Waals surface area contributed by atoms with E-state index in [-0.39, 0.29) is 5.78 Å². The van der Waals surface area contributed by atoms with Crippen LogP contribution in [0, 0.1) is 11.8 Å². The van der Waals surface area contributed by atoms with Crippen LogP contribution in [0.4, 0.5) is 0 Å². The normalized spacial score (nSPS) is 26.5. The van der Waals surface area contributed by atoms with Gasteiger partial charge in [0.25, 0.3) is 0 Å². The van der Waals surface area contributed by atoms with E-state index >= 15 is 0 Å². The van der Waals surface area contributed by atoms with Crippen LogP contribution in [0.15, 0.2) is 48.8 Å². The maximum Gasteiger partial charge on any atom is 0.139 e. The summed E-state index contributed by atoms with van der Waals surface area (Å²) in [4.78, 5) is 34.7. The van der Waals surface area contributed by atoms with Gasteiger partial charge in [0, 0.05) is 71.2 Å². The Morgan fingerprint density at radius 2 is 1.29 bits per heavy atom. The molecule has 0 saturated carbocycles. The number of benzene rings is 2. The number of carbonyl (C=O) groups excluding carboxylic acids is 2. The Morgan fingerprint density at radius 1 is 0.771 bits per heavy atom. The molecule has 0 spiro atoms. The summed E-state index contributed by atoms with van der Waals surface area (Å²) in [6.45, 7) is 9.20. The molecule has 4 heterocycles. The molecule has 2 fully saturated rings. The number of likely N-dealkylation sites (N-methyl/N-ethyl adjacent to an activating group) is 1. The van der Waals surface area contributed by atoms with Crippen molar-refractivity contribution in [2.75, 3.05) is 49.7 Å². The number of ketones is 2. The number of aromatic amines is 2. The number of fused-ring (bicyclic) bond motifs is 4. The van der Waals surface area contributed by atoms with Gasteiger partial charge in [0.15, 0.2) is 0 Å². The van der Waals surface area contributed by atoms with Gasteiger partial charge < -0.3 is 14.9 Å². The van der Waals surface area contributed by atoms with Crippen molar-refractivity contribution in [1.29, 1.82) is 0 Å². The number of Topliss-reactive ketones (excluding diaryl/α,β-unsaturated/α-hetero) is 2. The molecule has 4 aliphatic rings. The van der Waals surface area contributed by atoms with Crippen LogP contribution in [0.2, 0.25) is 0 Å². The minimum Gasteiger partial charge on any atom is -0.361 e. The molecule has 2 aliphatic carbocycles. The molecule has 48 heavy (non-hydrogen) atoms. The highest BCUT2D eigenvalue weighted by molar-refractivity contribution is 8.00. The van der Waals surface area contributed by atoms with Crippen molar-refractivity contribution in [2.45, 2.75) is 76.8 Å². The van der Waals surface area contributed by atoms with Gasteiger partial charge in [-0.1, -0.05) is 31.2 Å². The van der Waals surface area contributed by atoms with Crippen LogP contribution in [0.1, 0.15) is 74.1 Å². The Morgan fingerprint density at radius 3 is 1.83 bits per heavy atom. The van der Waals surface area contributed by atoms with Crippen LogP contribution in [-0.4, -0.2) is 93.1 Å². The quantitative estimate of drug-likeness (QED) is 0.179. The van der Waals surface area contributed by atoms with Crippen molar-refractivity contribution in [1.82, 2.24) is 19.8 Å². The summed E-state index contributed by atoms with van der Waals surface area (Å²) in [6, 6.07) is 14.7. The van der Waals surface area contributed by atoms with E-state index in [0.29, 0.717) is 53.0 Å². The number of carbonyl (C=O) groups is 2. The number of aromatic nitrogens is 2. The molecule has 0 bridgehead atoms. The topological polar surface area (TPSA) is 72.2 Å². The molecule has 6 atom stereocenters. The summed E-state index contributed by atoms with van der Waals surface area (Å²) in [5.41, 5.74) is 8.63. The van der Waals surface area contributed by atoms with Crippen LogP contribution in [-0.2, 0) is 22.4 Å². The smallest absolute Gasteiger partial charge is 0.139 e. The predicted molar refractivity (Wildman–Crippen MR) is 204 cm³/mol. The van der Waals surface area contributed by atoms with Gasteiger partial charge in [-0.2, -0.15) is 23.5 Å². The number of hydrogen-bond donors (Lipinski definition) is 2. The van der Waals surface area contributed by atoms with Gasteiger partial charge in [-0.15, -0.1) is 0 Å². The maximum atomic E-state index is 11.3. The minimum absolute atomic E-state index is 0.288. The number of likely N-dealkylation sites (tertiary alicyclic amines) is 2. The number of H-pyrrole nitrogens is 2. The summed E-state index contributed by atoms with van der Waals surface area (Å²) in [5, 5.41) is 2.96. The predicted octanol–water partition coefficient (Wildman–Crippen LogP) is 7.68. The van der Waals surface area contributed by atoms with Crippen molar-refractivity contribution in [3.05, 3.63) is 71.0 Å². The maximum absolute atomic E-state index is 11.3. The second kappa shape index (κ2) is 14.8. The Hall–Kier alpha value is -2.52. The van der Waals surface area contributed by atoms with E-state index in [1.54, 1.807) is 31.2 Å². The third-order valence-corrected chi connectivity index (χ3v) is 13.9. The molecule has 2 saturated heterocycles. The first kappa shape index (κ1) is 34.0. The van der Waals surface area contributed by atoms with E-state index < -0.39 is 0 Å². The molecule has 2 N–H and O–H groups in total. The van der Waals surface area contributed by atoms with Gasteiger partial charge in [-0.05, 0) is 117 Å². The van der Waals surface area contributed by atoms with Crippen LogP contribution < -0.4 is 0 Å². The summed E-state index contributed by atoms with van der Waals surface area (Å²) in [6.07, 6.45) is 10.5. The first-order valence-corrected chi connectivity index (χ1v) is 20.4. The molecule has 8 heteroatoms. The average Bonchev–Trinajstić information content (AvgIpc) is 3.68. The van der Waals surface area contributed by atoms with E-state index in [4.69, 9.17) is 0 Å². The van der Waals surface area contributed by atoms with Gasteiger partial charge in [0.2, 0.25) is 0 Å². The van der Waals surface area contributed by atoms with Gasteiger partial charge >= 0.3 is 0 Å². The van der Waals surface area contributed by atoms with Gasteiger partial charge in [-0.25, -0.2) is 0 Å². The zero-order chi connectivity index (χ0) is 33.4. The standard InChI is InChI=1S/C21H28N2OS.C19H24N2OS/c1-3-7-23-11-15(13-25-12-14(2)24)8-18-17-5-4-6-19-21(17)16(10-22-19)9-20(18)23;1-12(22)10-23-11-13-6-16-15-4-3-5-17-19(15)14(8-20-17)7-18(16)21(2)9-13/h4-6,10,15,18,20,22H,3,7-9,11-13H2,1-2H3;3-5,8,13,16,18,20H,6-7,9-11H2,1-2H3/t15-,18-,20-;13-,16-,18-/m11/s1. The van der Waals surface area contributed by atoms with Crippen molar-refractivity contribution in [3.63, 3.8) is 0 Å². The molecule has 256 valence electrons. The molecule has 2 aromatic heterocycles. The Balaban J connectivity index is 0.000000152. The zero-order valence-electron chi connectivity index (χ0n) is 29.1. The number of nitrogens with zero attached hydrogens (tertiary/aromatic N) is 2. The number of thioether (sulfide) groups is 2. The van der Waals surface area contributed by atoms with Gasteiger partial charge in [0.05, 0.1) is 11.5 Å². The highest BCUT2D eigenvalue weighted by Crippen LogP contribution is 2.46. The fraction of sp³-hybridized carbons (Fsp3) is 0.550. The fourth-order valence-corrected chi connectivity index (χ4v) is 11.4. The Labute approximate surface area is 294 Å². The highest BCUT2D eigenvalue weighted by atomic mass is 32.2. The molecule has 6 nitrogen and oxygen atoms in total. The third-order valence-electron chi connectivity index (χ3n) is 11.3. The summed E-state index contributed by atoms with van der Waals surface area (Å²) in [5.74, 6) is 6.75. The number of piperidine rings is 2. The Bertz CT molecular complexity index is 1760. The van der Waals surface area contributed by atoms with Crippen LogP contribution in [0.3, 0.4) is 0 Å². The second-order valence-electron chi connectivity index (χ2n) is 15.0. The van der Waals surface area contributed by atoms with Crippen LogP contribution in [0.5, 0.6) is 0 Å². The average molecular weight is 685 g/mol. The lowest BCUT2D eigenvalue weighted by Crippen LogP contribution is -2.50. The molecule has 2 aliphatic heterocycles. The van der Waals surface area contributed by atoms with Crippen LogP contribution in [0.25, 0.3) is 21.8 Å². The third kappa shape index (κ3) is 6.92. The van der Waals surface area contributed by atoms with Crippen molar-refractivity contribution in [3.8, 4) is 0 Å². The van der Waals surface area contributed by atoms with Gasteiger partial charge in [-0.3, -0.25) is 14.5 Å². The van der Waals surface area contributed by atoms with Crippen LogP contribution >= 0.6 is 23.5 Å². The first-order chi connectivity index (χ1) is 23.3. The SMILES string of the molecule is CC(=O)CSC[C@@H]1C[C@@H]2c3cccc4[nH]cc(c34)C[C@H]2N(C)C1.CCCN1C[C@H](CSCC(C)=O)C[C@@H]2c3cccc4[nH]cc(c34)C[C@H]21. The lowest BCUT2D eigenvalue weighted by atomic mass is 9.72. The van der Waals surface area contributed by atoms with Crippen molar-refractivity contribution < 1.29 is 9.59 Å². The molecule has 4 aromatic rings. The highest BCUT2D eigenvalue weighted by Gasteiger charge is 2.41. The zero-order valence-corrected chi connectivity index (χ0v) is 30.7. The molecule has 0 radical (unpaired) electrons. The molecule has 0 unspecified atom stereocenters. The lowest BCUT2D eigenvalue weighted by Gasteiger charge is -2.47. The fourth-order valence-electron chi connectivity index (χ4n) is 9.48. The molecule has 8 rings (SSSR count). The lowest BCUT2D eigenvalue weighted by molar-refractivity contribution is -0.115. The van der Waals surface area contributed by atoms with E-state index in [2.05, 4.69) is 82.5 Å². The second-order valence-corrected chi connectivity index (χ2v) is 17.1. The van der Waals surface area contributed by atoms with E-state index in [1.165, 1.54) is 77.3 Å². The number of hydrogen-bond acceptors (Lipinski definition) is 6. The van der Waals surface area contributed by atoms with Crippen molar-refractivity contribution >= 4 is 56.9 Å². The largest absolute Gasteiger partial charge is 0.361 e. The number of rotatable bonds is 10. The summed E-state index contributed by atoms with van der Waals surface area (Å²) < 4.78 is 0. The summed E-state index contributed by atoms with van der Waals surface area (Å²) >= 11 is 3.63. The first-order valence-electron chi connectivity index (χ1n) is 18.1. The Kier molecular flexibility index (Phi) is 10.4. The molecule has 2 aromatic carbocycles. The van der Waals surface area contributed by atoms with E-state index in [1.807, 2.05) is 11.8 Å². The summed E-state index contributed by atoms with van der Waals surface area (Å²) in [7, 11) is 2.28. The molecular formula is C40H52N4O2S2. The van der Waals surface area contributed by atoms with E-state index in [9.17, 15) is 9.59 Å². The molecule has 0 amide bonds.